The van der Waals surface area contributed by atoms with Gasteiger partial charge in [0.2, 0.25) is 0 Å². The molecule has 15 heteroatoms. The number of aliphatic carboxylic acids is 1. The predicted octanol–water partition coefficient (Wildman–Crippen LogP) is 0.875. The standard InChI is InChI=1S/C21H18F3N5O6S/c22-21(23,24)11-3-1-10(2-4-11)6-29-14-8-28(19(34)13-9-36-27-26-13)7-12(14)17(32)16(20(29)35)18(33)25-5-15(30)31/h1-4,9,26-27,32H,5-8H2,(H,25,33)(H,30,31). The van der Waals surface area contributed by atoms with Gasteiger partial charge in [0.15, 0.2) is 0 Å². The van der Waals surface area contributed by atoms with Gasteiger partial charge in [0.05, 0.1) is 25.2 Å². The molecule has 0 radical (unpaired) electrons. The Bertz CT molecular complexity index is 1340. The summed E-state index contributed by atoms with van der Waals surface area (Å²) in [5.41, 5.74) is 0.842. The van der Waals surface area contributed by atoms with E-state index >= 15 is 0 Å². The molecule has 0 bridgehead atoms. The van der Waals surface area contributed by atoms with Crippen molar-refractivity contribution < 1.29 is 37.8 Å². The molecule has 0 fully saturated rings. The zero-order valence-electron chi connectivity index (χ0n) is 18.2. The number of pyridine rings is 1. The van der Waals surface area contributed by atoms with Gasteiger partial charge in [-0.25, -0.2) is 0 Å². The molecule has 0 saturated carbocycles. The maximum Gasteiger partial charge on any atom is 0.416 e. The number of nitrogens with one attached hydrogen (secondary N) is 3. The molecule has 0 aliphatic carbocycles. The molecule has 0 unspecified atom stereocenters. The first kappa shape index (κ1) is 25.1. The normalized spacial score (nSPS) is 14.8. The third-order valence-corrected chi connectivity index (χ3v) is 6.11. The molecule has 2 amide bonds. The van der Waals surface area contributed by atoms with E-state index in [9.17, 15) is 37.5 Å². The summed E-state index contributed by atoms with van der Waals surface area (Å²) in [4.78, 5) is 53.5. The van der Waals surface area contributed by atoms with E-state index in [4.69, 9.17) is 5.11 Å². The number of carboxylic acid groups (broad SMARTS) is 1. The summed E-state index contributed by atoms with van der Waals surface area (Å²) in [5, 5.41) is 23.1. The lowest BCUT2D eigenvalue weighted by atomic mass is 10.1. The molecule has 4 rings (SSSR count). The molecule has 2 aromatic rings. The Labute approximate surface area is 204 Å². The van der Waals surface area contributed by atoms with Crippen LogP contribution >= 0.6 is 11.9 Å². The molecule has 190 valence electrons. The lowest BCUT2D eigenvalue weighted by Gasteiger charge is -2.17. The van der Waals surface area contributed by atoms with Crippen LogP contribution < -0.4 is 21.1 Å². The fraction of sp³-hybridized carbons (Fsp3) is 0.238. The highest BCUT2D eigenvalue weighted by atomic mass is 32.2. The van der Waals surface area contributed by atoms with E-state index in [1.807, 2.05) is 5.32 Å². The molecule has 2 aliphatic rings. The number of fused-ring (bicyclic) bond motifs is 1. The maximum atomic E-state index is 13.3. The number of hydrogen-bond acceptors (Lipinski definition) is 8. The summed E-state index contributed by atoms with van der Waals surface area (Å²) in [6.45, 7) is -1.38. The van der Waals surface area contributed by atoms with Crippen LogP contribution in [0, 0.1) is 0 Å². The van der Waals surface area contributed by atoms with Crippen molar-refractivity contribution >= 4 is 29.7 Å². The van der Waals surface area contributed by atoms with Gasteiger partial charge < -0.3 is 30.4 Å². The van der Waals surface area contributed by atoms with E-state index < -0.39 is 52.9 Å². The van der Waals surface area contributed by atoms with Crippen LogP contribution in [0.25, 0.3) is 0 Å². The zero-order valence-corrected chi connectivity index (χ0v) is 19.0. The Morgan fingerprint density at radius 2 is 1.83 bits per heavy atom. The van der Waals surface area contributed by atoms with E-state index in [1.54, 1.807) is 0 Å². The molecule has 0 saturated heterocycles. The molecule has 1 aromatic carbocycles. The highest BCUT2D eigenvalue weighted by molar-refractivity contribution is 8.00. The first-order valence-corrected chi connectivity index (χ1v) is 11.1. The highest BCUT2D eigenvalue weighted by Gasteiger charge is 2.35. The second kappa shape index (κ2) is 9.58. The van der Waals surface area contributed by atoms with Crippen LogP contribution in [0.4, 0.5) is 13.2 Å². The molecule has 3 heterocycles. The number of nitrogens with zero attached hydrogens (tertiary/aromatic N) is 2. The van der Waals surface area contributed by atoms with Crippen molar-refractivity contribution in [3.8, 4) is 5.75 Å². The minimum Gasteiger partial charge on any atom is -0.506 e. The van der Waals surface area contributed by atoms with Crippen molar-refractivity contribution in [3.05, 3.63) is 73.7 Å². The summed E-state index contributed by atoms with van der Waals surface area (Å²) >= 11 is 1.12. The summed E-state index contributed by atoms with van der Waals surface area (Å²) in [6, 6.07) is 4.04. The van der Waals surface area contributed by atoms with E-state index in [2.05, 4.69) is 10.3 Å². The first-order chi connectivity index (χ1) is 17.0. The SMILES string of the molecule is O=C(O)CNC(=O)c1c(O)c2c(n(Cc3ccc(C(F)(F)F)cc3)c1=O)CN(C(=O)C1=CSNN1)C2. The molecule has 36 heavy (non-hydrogen) atoms. The third kappa shape index (κ3) is 4.87. The Kier molecular flexibility index (Phi) is 6.69. The number of aromatic hydroxyl groups is 1. The number of rotatable bonds is 6. The fourth-order valence-corrected chi connectivity index (χ4v) is 4.31. The minimum absolute atomic E-state index is 0.0922. The summed E-state index contributed by atoms with van der Waals surface area (Å²) in [7, 11) is 0. The number of amides is 2. The van der Waals surface area contributed by atoms with E-state index in [0.29, 0.717) is 5.56 Å². The molecule has 1 aromatic heterocycles. The third-order valence-electron chi connectivity index (χ3n) is 5.53. The number of alkyl halides is 3. The van der Waals surface area contributed by atoms with E-state index in [0.717, 1.165) is 28.6 Å². The molecular formula is C21H18F3N5O6S. The molecule has 5 N–H and O–H groups in total. The Hall–Kier alpha value is -3.98. The van der Waals surface area contributed by atoms with Crippen molar-refractivity contribution in [2.45, 2.75) is 25.8 Å². The number of hydrazine groups is 1. The van der Waals surface area contributed by atoms with Gasteiger partial charge in [0.25, 0.3) is 17.4 Å². The Morgan fingerprint density at radius 3 is 2.42 bits per heavy atom. The van der Waals surface area contributed by atoms with Crippen LogP contribution in [0.1, 0.15) is 32.7 Å². The zero-order chi connectivity index (χ0) is 26.2. The van der Waals surface area contributed by atoms with E-state index in [1.165, 1.54) is 22.4 Å². The van der Waals surface area contributed by atoms with Gasteiger partial charge in [-0.15, -0.1) is 0 Å². The number of carbonyl (C=O) groups is 3. The van der Waals surface area contributed by atoms with E-state index in [-0.39, 0.29) is 36.6 Å². The molecule has 0 atom stereocenters. The van der Waals surface area contributed by atoms with Crippen molar-refractivity contribution in [2.75, 3.05) is 6.54 Å². The second-order valence-corrected chi connectivity index (χ2v) is 8.52. The quantitative estimate of drug-likeness (QED) is 0.346. The summed E-state index contributed by atoms with van der Waals surface area (Å²) < 4.78 is 39.9. The molecule has 0 spiro atoms. The predicted molar refractivity (Wildman–Crippen MR) is 119 cm³/mol. The van der Waals surface area contributed by atoms with Gasteiger partial charge in [-0.1, -0.05) is 12.1 Å². The van der Waals surface area contributed by atoms with Crippen molar-refractivity contribution in [2.24, 2.45) is 0 Å². The van der Waals surface area contributed by atoms with Crippen LogP contribution in [0.2, 0.25) is 0 Å². The van der Waals surface area contributed by atoms with Crippen molar-refractivity contribution in [1.29, 1.82) is 0 Å². The smallest absolute Gasteiger partial charge is 0.416 e. The number of hydrogen-bond donors (Lipinski definition) is 5. The molecular weight excluding hydrogens is 507 g/mol. The maximum absolute atomic E-state index is 13.3. The average molecular weight is 525 g/mol. The second-order valence-electron chi connectivity index (χ2n) is 7.85. The van der Waals surface area contributed by atoms with Crippen LogP contribution in [0.5, 0.6) is 5.75 Å². The van der Waals surface area contributed by atoms with Crippen LogP contribution in [0.15, 0.2) is 40.2 Å². The lowest BCUT2D eigenvalue weighted by Crippen LogP contribution is -2.37. The number of carbonyl (C=O) groups excluding carboxylic acids is 2. The molecule has 2 aliphatic heterocycles. The van der Waals surface area contributed by atoms with Gasteiger partial charge in [0, 0.05) is 16.7 Å². The van der Waals surface area contributed by atoms with Crippen LogP contribution in [-0.2, 0) is 35.4 Å². The number of aromatic nitrogens is 1. The van der Waals surface area contributed by atoms with Crippen molar-refractivity contribution in [3.63, 3.8) is 0 Å². The van der Waals surface area contributed by atoms with Gasteiger partial charge in [-0.3, -0.25) is 19.2 Å². The first-order valence-electron chi connectivity index (χ1n) is 10.3. The summed E-state index contributed by atoms with van der Waals surface area (Å²) in [5.74, 6) is -3.68. The lowest BCUT2D eigenvalue weighted by molar-refractivity contribution is -0.138. The average Bonchev–Trinajstić information content (AvgIpc) is 3.50. The number of benzene rings is 1. The van der Waals surface area contributed by atoms with Gasteiger partial charge >= 0.3 is 12.1 Å². The largest absolute Gasteiger partial charge is 0.506 e. The summed E-state index contributed by atoms with van der Waals surface area (Å²) in [6.07, 6.45) is -4.55. The van der Waals surface area contributed by atoms with Gasteiger partial charge in [-0.05, 0) is 29.6 Å². The monoisotopic (exact) mass is 525 g/mol. The Morgan fingerprint density at radius 1 is 1.14 bits per heavy atom. The fourth-order valence-electron chi connectivity index (χ4n) is 3.80. The number of carboxylic acids is 1. The highest BCUT2D eigenvalue weighted by Crippen LogP contribution is 2.33. The Balaban J connectivity index is 1.75. The van der Waals surface area contributed by atoms with Gasteiger partial charge in [-0.2, -0.15) is 18.0 Å². The topological polar surface area (TPSA) is 153 Å². The minimum atomic E-state index is -4.55. The van der Waals surface area contributed by atoms with Crippen LogP contribution in [-0.4, -0.2) is 44.0 Å². The van der Waals surface area contributed by atoms with Crippen molar-refractivity contribution in [1.82, 2.24) is 25.0 Å². The molecule has 11 nitrogen and oxygen atoms in total. The van der Waals surface area contributed by atoms with Crippen LogP contribution in [0.3, 0.4) is 0 Å². The number of halogens is 3. The van der Waals surface area contributed by atoms with Gasteiger partial charge in [0.1, 0.15) is 23.6 Å².